The quantitative estimate of drug-likeness (QED) is 0.665. The van der Waals surface area contributed by atoms with Gasteiger partial charge in [-0.1, -0.05) is 37.3 Å². The van der Waals surface area contributed by atoms with Crippen LogP contribution in [-0.4, -0.2) is 37.1 Å². The third-order valence-electron chi connectivity index (χ3n) is 5.80. The van der Waals surface area contributed by atoms with Crippen LogP contribution in [0, 0.1) is 6.92 Å². The van der Waals surface area contributed by atoms with Crippen LogP contribution in [0.3, 0.4) is 0 Å². The lowest BCUT2D eigenvalue weighted by molar-refractivity contribution is -0.122. The molecule has 0 spiro atoms. The van der Waals surface area contributed by atoms with Crippen LogP contribution in [0.15, 0.2) is 47.4 Å². The molecule has 7 nitrogen and oxygen atoms in total. The van der Waals surface area contributed by atoms with Crippen LogP contribution >= 0.6 is 0 Å². The van der Waals surface area contributed by atoms with E-state index in [1.807, 2.05) is 38.1 Å². The Labute approximate surface area is 190 Å². The number of hydrogen-bond acceptors (Lipinski definition) is 4. The highest BCUT2D eigenvalue weighted by molar-refractivity contribution is 7.89. The van der Waals surface area contributed by atoms with E-state index in [2.05, 4.69) is 10.6 Å². The highest BCUT2D eigenvalue weighted by atomic mass is 32.2. The van der Waals surface area contributed by atoms with Gasteiger partial charge in [0.05, 0.1) is 11.7 Å². The fourth-order valence-electron chi connectivity index (χ4n) is 4.00. The third-order valence-corrected chi connectivity index (χ3v) is 7.74. The highest BCUT2D eigenvalue weighted by Gasteiger charge is 2.38. The first kappa shape index (κ1) is 23.9. The molecule has 172 valence electrons. The molecule has 2 amide bonds. The number of fused-ring (bicyclic) bond motifs is 1. The average molecular weight is 458 g/mol. The van der Waals surface area contributed by atoms with Gasteiger partial charge in [0.15, 0.2) is 0 Å². The molecule has 1 aliphatic rings. The summed E-state index contributed by atoms with van der Waals surface area (Å²) < 4.78 is 29.1. The predicted molar refractivity (Wildman–Crippen MR) is 125 cm³/mol. The van der Waals surface area contributed by atoms with Crippen molar-refractivity contribution in [1.82, 2.24) is 9.62 Å². The van der Waals surface area contributed by atoms with Crippen molar-refractivity contribution in [2.24, 2.45) is 0 Å². The molecule has 2 N–H and O–H groups in total. The van der Waals surface area contributed by atoms with Gasteiger partial charge >= 0.3 is 0 Å². The fourth-order valence-corrected chi connectivity index (χ4v) is 5.84. The minimum atomic E-state index is -3.99. The number of sulfonamides is 1. The first-order chi connectivity index (χ1) is 15.1. The van der Waals surface area contributed by atoms with Crippen molar-refractivity contribution in [3.05, 3.63) is 59.2 Å². The van der Waals surface area contributed by atoms with Crippen molar-refractivity contribution in [3.63, 3.8) is 0 Å². The summed E-state index contributed by atoms with van der Waals surface area (Å²) in [6.07, 6.45) is 1.38. The maximum atomic E-state index is 13.9. The number of benzene rings is 2. The Kier molecular flexibility index (Phi) is 7.36. The lowest BCUT2D eigenvalue weighted by Gasteiger charge is -2.36. The molecular weight excluding hydrogens is 426 g/mol. The van der Waals surface area contributed by atoms with Crippen LogP contribution in [0.5, 0.6) is 0 Å². The summed E-state index contributed by atoms with van der Waals surface area (Å²) in [6, 6.07) is 12.0. The molecule has 2 aromatic carbocycles. The smallest absolute Gasteiger partial charge is 0.245 e. The molecule has 2 aromatic rings. The first-order valence-corrected chi connectivity index (χ1v) is 12.3. The Morgan fingerprint density at radius 2 is 1.91 bits per heavy atom. The molecule has 32 heavy (non-hydrogen) atoms. The van der Waals surface area contributed by atoms with Gasteiger partial charge in [-0.3, -0.25) is 9.59 Å². The van der Waals surface area contributed by atoms with E-state index in [4.69, 9.17) is 0 Å². The molecule has 1 aliphatic heterocycles. The van der Waals surface area contributed by atoms with Gasteiger partial charge in [0.2, 0.25) is 21.8 Å². The molecule has 0 aliphatic carbocycles. The minimum absolute atomic E-state index is 0.00883. The van der Waals surface area contributed by atoms with E-state index in [0.29, 0.717) is 6.42 Å². The Balaban J connectivity index is 2.05. The molecule has 8 heteroatoms. The molecular formula is C24H31N3O4S. The fraction of sp³-hybridized carbons (Fsp3) is 0.417. The number of carbonyl (C=O) groups is 2. The van der Waals surface area contributed by atoms with Gasteiger partial charge in [0.25, 0.3) is 0 Å². The van der Waals surface area contributed by atoms with Crippen molar-refractivity contribution in [3.8, 4) is 0 Å². The van der Waals surface area contributed by atoms with Crippen LogP contribution < -0.4 is 10.6 Å². The monoisotopic (exact) mass is 457 g/mol. The number of carbonyl (C=O) groups excluding carboxylic acids is 2. The van der Waals surface area contributed by atoms with Crippen LogP contribution in [0.2, 0.25) is 0 Å². The van der Waals surface area contributed by atoms with Crippen LogP contribution in [0.1, 0.15) is 56.3 Å². The Morgan fingerprint density at radius 3 is 2.59 bits per heavy atom. The van der Waals surface area contributed by atoms with Gasteiger partial charge in [-0.05, 0) is 55.5 Å². The molecule has 0 saturated heterocycles. The number of rotatable bonds is 7. The number of aryl methyl sites for hydroxylation is 1. The highest BCUT2D eigenvalue weighted by Crippen LogP contribution is 2.38. The molecule has 0 unspecified atom stereocenters. The zero-order valence-electron chi connectivity index (χ0n) is 19.0. The second kappa shape index (κ2) is 9.83. The summed E-state index contributed by atoms with van der Waals surface area (Å²) in [7, 11) is -3.99. The van der Waals surface area contributed by atoms with Crippen molar-refractivity contribution in [2.75, 3.05) is 11.9 Å². The SMILES string of the molecule is CC[C@H](C)NC(=O)C[C@H]1c2ccccc2CCN1S(=O)(=O)c1cc(C)ccc1NC(C)=O. The van der Waals surface area contributed by atoms with E-state index < -0.39 is 16.1 Å². The van der Waals surface area contributed by atoms with E-state index in [-0.39, 0.29) is 41.4 Å². The average Bonchev–Trinajstić information content (AvgIpc) is 2.74. The zero-order valence-corrected chi connectivity index (χ0v) is 19.8. The standard InChI is InChI=1S/C24H31N3O4S/c1-5-17(3)25-24(29)15-22-20-9-7-6-8-19(20)12-13-27(22)32(30,31)23-14-16(2)10-11-21(23)26-18(4)28/h6-11,14,17,22H,5,12-13,15H2,1-4H3,(H,25,29)(H,26,28)/t17-,22-/m0/s1. The molecule has 0 saturated carbocycles. The van der Waals surface area contributed by atoms with Gasteiger partial charge in [0, 0.05) is 25.9 Å². The van der Waals surface area contributed by atoms with Crippen LogP contribution in [0.4, 0.5) is 5.69 Å². The molecule has 0 fully saturated rings. The molecule has 0 aromatic heterocycles. The van der Waals surface area contributed by atoms with Gasteiger partial charge in [-0.2, -0.15) is 4.31 Å². The van der Waals surface area contributed by atoms with E-state index in [0.717, 1.165) is 23.1 Å². The van der Waals surface area contributed by atoms with Gasteiger partial charge in [0.1, 0.15) is 4.90 Å². The maximum absolute atomic E-state index is 13.9. The Hall–Kier alpha value is -2.71. The lowest BCUT2D eigenvalue weighted by Crippen LogP contribution is -2.43. The zero-order chi connectivity index (χ0) is 23.5. The summed E-state index contributed by atoms with van der Waals surface area (Å²) >= 11 is 0. The summed E-state index contributed by atoms with van der Waals surface area (Å²) in [4.78, 5) is 24.5. The normalized spacial score (nSPS) is 17.3. The van der Waals surface area contributed by atoms with E-state index in [1.54, 1.807) is 25.1 Å². The summed E-state index contributed by atoms with van der Waals surface area (Å²) in [5.41, 5.74) is 2.90. The van der Waals surface area contributed by atoms with Crippen LogP contribution in [0.25, 0.3) is 0 Å². The van der Waals surface area contributed by atoms with Crippen molar-refractivity contribution >= 4 is 27.5 Å². The second-order valence-corrected chi connectivity index (χ2v) is 10.2. The molecule has 2 atom stereocenters. The second-order valence-electron chi connectivity index (χ2n) is 8.34. The minimum Gasteiger partial charge on any atom is -0.354 e. The topological polar surface area (TPSA) is 95.6 Å². The van der Waals surface area contributed by atoms with Crippen LogP contribution in [-0.2, 0) is 26.0 Å². The number of anilines is 1. The molecule has 3 rings (SSSR count). The summed E-state index contributed by atoms with van der Waals surface area (Å²) in [5, 5.41) is 5.58. The Bertz CT molecular complexity index is 1110. The Morgan fingerprint density at radius 1 is 1.19 bits per heavy atom. The predicted octanol–water partition coefficient (Wildman–Crippen LogP) is 3.55. The number of nitrogens with one attached hydrogen (secondary N) is 2. The third kappa shape index (κ3) is 5.19. The molecule has 0 bridgehead atoms. The maximum Gasteiger partial charge on any atom is 0.245 e. The first-order valence-electron chi connectivity index (χ1n) is 10.9. The van der Waals surface area contributed by atoms with Crippen molar-refractivity contribution < 1.29 is 18.0 Å². The van der Waals surface area contributed by atoms with E-state index in [9.17, 15) is 18.0 Å². The number of hydrogen-bond donors (Lipinski definition) is 2. The molecule has 1 heterocycles. The van der Waals surface area contributed by atoms with Crippen molar-refractivity contribution in [2.45, 2.75) is 63.9 Å². The van der Waals surface area contributed by atoms with Gasteiger partial charge < -0.3 is 10.6 Å². The molecule has 0 radical (unpaired) electrons. The number of amides is 2. The van der Waals surface area contributed by atoms with Crippen molar-refractivity contribution in [1.29, 1.82) is 0 Å². The van der Waals surface area contributed by atoms with Gasteiger partial charge in [-0.15, -0.1) is 0 Å². The largest absolute Gasteiger partial charge is 0.354 e. The summed E-state index contributed by atoms with van der Waals surface area (Å²) in [5.74, 6) is -0.536. The van der Waals surface area contributed by atoms with E-state index in [1.165, 1.54) is 11.2 Å². The lowest BCUT2D eigenvalue weighted by atomic mass is 9.92. The number of nitrogens with zero attached hydrogens (tertiary/aromatic N) is 1. The van der Waals surface area contributed by atoms with E-state index >= 15 is 0 Å². The summed E-state index contributed by atoms with van der Waals surface area (Å²) in [6.45, 7) is 7.31. The van der Waals surface area contributed by atoms with Gasteiger partial charge in [-0.25, -0.2) is 8.42 Å².